The fraction of sp³-hybridized carbons (Fsp3) is 0.462. The summed E-state index contributed by atoms with van der Waals surface area (Å²) >= 11 is 0. The van der Waals surface area contributed by atoms with Crippen molar-refractivity contribution in [2.24, 2.45) is 12.0 Å². The molecule has 21 heavy (non-hydrogen) atoms. The summed E-state index contributed by atoms with van der Waals surface area (Å²) in [5.74, 6) is 2.55. The summed E-state index contributed by atoms with van der Waals surface area (Å²) in [6.45, 7) is 4.10. The van der Waals surface area contributed by atoms with Gasteiger partial charge in [-0.05, 0) is 19.1 Å². The predicted molar refractivity (Wildman–Crippen MR) is 91.6 cm³/mol. The highest BCUT2D eigenvalue weighted by Crippen LogP contribution is 1.99. The Bertz CT molecular complexity index is 537. The number of aliphatic imine (C=N–C) groups is 1. The maximum Gasteiger partial charge on any atom is 0.191 e. The van der Waals surface area contributed by atoms with Gasteiger partial charge in [-0.2, -0.15) is 5.10 Å². The molecule has 0 unspecified atom stereocenters. The summed E-state index contributed by atoms with van der Waals surface area (Å²) < 4.78 is 7.01. The third-order valence-corrected chi connectivity index (χ3v) is 2.77. The number of guanidine groups is 1. The predicted octanol–water partition coefficient (Wildman–Crippen LogP) is 1.32. The van der Waals surface area contributed by atoms with Gasteiger partial charge in [0, 0.05) is 26.6 Å². The summed E-state index contributed by atoms with van der Waals surface area (Å²) in [7, 11) is 1.86. The third-order valence-electron chi connectivity index (χ3n) is 2.77. The zero-order valence-electron chi connectivity index (χ0n) is 12.2. The number of rotatable bonds is 6. The van der Waals surface area contributed by atoms with Gasteiger partial charge in [0.25, 0.3) is 0 Å². The number of aromatic nitrogens is 3. The van der Waals surface area contributed by atoms with Crippen molar-refractivity contribution in [3.8, 4) is 0 Å². The van der Waals surface area contributed by atoms with Crippen LogP contribution in [0.5, 0.6) is 0 Å². The van der Waals surface area contributed by atoms with Gasteiger partial charge in [-0.15, -0.1) is 24.0 Å². The molecule has 0 amide bonds. The van der Waals surface area contributed by atoms with Crippen LogP contribution in [0.3, 0.4) is 0 Å². The Morgan fingerprint density at radius 1 is 1.43 bits per heavy atom. The molecular formula is C13H21IN6O. The molecule has 0 saturated carbocycles. The number of nitrogens with one attached hydrogen (secondary N) is 2. The van der Waals surface area contributed by atoms with E-state index in [1.54, 1.807) is 10.9 Å². The minimum Gasteiger partial charge on any atom is -0.469 e. The largest absolute Gasteiger partial charge is 0.469 e. The second kappa shape index (κ2) is 9.37. The molecule has 7 nitrogen and oxygen atoms in total. The van der Waals surface area contributed by atoms with Crippen LogP contribution in [0, 0.1) is 0 Å². The number of furan rings is 1. The number of hydrogen-bond donors (Lipinski definition) is 2. The number of nitrogens with zero attached hydrogens (tertiary/aromatic N) is 4. The van der Waals surface area contributed by atoms with Gasteiger partial charge in [0.1, 0.15) is 24.5 Å². The number of hydrogen-bond acceptors (Lipinski definition) is 4. The van der Waals surface area contributed by atoms with Crippen LogP contribution in [0.1, 0.15) is 18.5 Å². The minimum absolute atomic E-state index is 0. The Hall–Kier alpha value is -1.58. The van der Waals surface area contributed by atoms with Gasteiger partial charge in [-0.25, -0.2) is 9.98 Å². The molecule has 0 spiro atoms. The first-order chi connectivity index (χ1) is 9.79. The lowest BCUT2D eigenvalue weighted by Gasteiger charge is -2.10. The molecule has 2 heterocycles. The summed E-state index contributed by atoms with van der Waals surface area (Å²) in [5.41, 5.74) is 0. The topological polar surface area (TPSA) is 80.3 Å². The van der Waals surface area contributed by atoms with Crippen LogP contribution in [0.4, 0.5) is 0 Å². The summed E-state index contributed by atoms with van der Waals surface area (Å²) in [5, 5.41) is 10.5. The lowest BCUT2D eigenvalue weighted by atomic mass is 10.3. The maximum absolute atomic E-state index is 5.29. The van der Waals surface area contributed by atoms with Crippen LogP contribution in [0.2, 0.25) is 0 Å². The molecule has 0 saturated heterocycles. The molecule has 2 N–H and O–H groups in total. The highest BCUT2D eigenvalue weighted by Gasteiger charge is 2.02. The molecule has 0 aliphatic heterocycles. The lowest BCUT2D eigenvalue weighted by molar-refractivity contribution is 0.507. The Morgan fingerprint density at radius 3 is 2.90 bits per heavy atom. The van der Waals surface area contributed by atoms with Gasteiger partial charge in [-0.3, -0.25) is 4.68 Å². The van der Waals surface area contributed by atoms with E-state index in [9.17, 15) is 0 Å². The van der Waals surface area contributed by atoms with Crippen molar-refractivity contribution in [1.29, 1.82) is 0 Å². The molecule has 0 aliphatic rings. The van der Waals surface area contributed by atoms with E-state index in [4.69, 9.17) is 4.42 Å². The van der Waals surface area contributed by atoms with Gasteiger partial charge in [-0.1, -0.05) is 0 Å². The molecule has 0 aliphatic carbocycles. The average molecular weight is 404 g/mol. The van der Waals surface area contributed by atoms with Crippen LogP contribution in [0.15, 0.2) is 34.1 Å². The second-order valence-corrected chi connectivity index (χ2v) is 4.25. The normalized spacial score (nSPS) is 11.0. The molecule has 0 atom stereocenters. The van der Waals surface area contributed by atoms with Gasteiger partial charge >= 0.3 is 0 Å². The minimum atomic E-state index is 0. The van der Waals surface area contributed by atoms with E-state index in [-0.39, 0.29) is 24.0 Å². The van der Waals surface area contributed by atoms with Crippen molar-refractivity contribution in [1.82, 2.24) is 25.4 Å². The molecule has 0 radical (unpaired) electrons. The first-order valence-corrected chi connectivity index (χ1v) is 6.67. The van der Waals surface area contributed by atoms with E-state index in [2.05, 4.69) is 25.7 Å². The average Bonchev–Trinajstić information content (AvgIpc) is 3.08. The molecule has 2 aromatic rings. The van der Waals surface area contributed by atoms with Gasteiger partial charge < -0.3 is 15.1 Å². The SMILES string of the molecule is CCNC(=NCc1ncnn1C)NCCc1ccco1.I. The van der Waals surface area contributed by atoms with Crippen molar-refractivity contribution in [3.05, 3.63) is 36.3 Å². The van der Waals surface area contributed by atoms with Crippen LogP contribution >= 0.6 is 24.0 Å². The zero-order chi connectivity index (χ0) is 14.2. The Morgan fingerprint density at radius 2 is 2.29 bits per heavy atom. The first-order valence-electron chi connectivity index (χ1n) is 6.67. The molecule has 116 valence electrons. The summed E-state index contributed by atoms with van der Waals surface area (Å²) in [4.78, 5) is 8.62. The highest BCUT2D eigenvalue weighted by atomic mass is 127. The molecule has 8 heteroatoms. The number of aryl methyl sites for hydroxylation is 1. The van der Waals surface area contributed by atoms with E-state index in [1.807, 2.05) is 26.1 Å². The van der Waals surface area contributed by atoms with Crippen LogP contribution in [-0.4, -0.2) is 33.8 Å². The standard InChI is InChI=1S/C13H20N6O.HI/c1-3-14-13(15-7-6-11-5-4-8-20-11)16-9-12-17-10-18-19(12)2;/h4-5,8,10H,3,6-7,9H2,1-2H3,(H2,14,15,16);1H. The van der Waals surface area contributed by atoms with Crippen LogP contribution in [0.25, 0.3) is 0 Å². The van der Waals surface area contributed by atoms with Crippen molar-refractivity contribution < 1.29 is 4.42 Å². The smallest absolute Gasteiger partial charge is 0.191 e. The Kier molecular flexibility index (Phi) is 7.80. The van der Waals surface area contributed by atoms with Crippen molar-refractivity contribution >= 4 is 29.9 Å². The molecule has 0 aromatic carbocycles. The van der Waals surface area contributed by atoms with Crippen LogP contribution in [-0.2, 0) is 20.0 Å². The summed E-state index contributed by atoms with van der Waals surface area (Å²) in [6.07, 6.45) is 4.03. The Balaban J connectivity index is 0.00000220. The van der Waals surface area contributed by atoms with Crippen molar-refractivity contribution in [2.45, 2.75) is 19.9 Å². The van der Waals surface area contributed by atoms with Gasteiger partial charge in [0.05, 0.1) is 6.26 Å². The fourth-order valence-corrected chi connectivity index (χ4v) is 1.71. The zero-order valence-corrected chi connectivity index (χ0v) is 14.6. The summed E-state index contributed by atoms with van der Waals surface area (Å²) in [6, 6.07) is 3.86. The van der Waals surface area contributed by atoms with E-state index < -0.39 is 0 Å². The van der Waals surface area contributed by atoms with E-state index in [1.165, 1.54) is 6.33 Å². The van der Waals surface area contributed by atoms with E-state index in [0.29, 0.717) is 6.54 Å². The molecular weight excluding hydrogens is 383 g/mol. The highest BCUT2D eigenvalue weighted by molar-refractivity contribution is 14.0. The van der Waals surface area contributed by atoms with Crippen molar-refractivity contribution in [2.75, 3.05) is 13.1 Å². The molecule has 0 fully saturated rings. The lowest BCUT2D eigenvalue weighted by Crippen LogP contribution is -2.38. The molecule has 0 bridgehead atoms. The van der Waals surface area contributed by atoms with Crippen molar-refractivity contribution in [3.63, 3.8) is 0 Å². The van der Waals surface area contributed by atoms with E-state index >= 15 is 0 Å². The fourth-order valence-electron chi connectivity index (χ4n) is 1.71. The first kappa shape index (κ1) is 17.5. The number of halogens is 1. The molecule has 2 rings (SSSR count). The monoisotopic (exact) mass is 404 g/mol. The van der Waals surface area contributed by atoms with Gasteiger partial charge in [0.2, 0.25) is 0 Å². The van der Waals surface area contributed by atoms with Gasteiger partial charge in [0.15, 0.2) is 5.96 Å². The van der Waals surface area contributed by atoms with Crippen LogP contribution < -0.4 is 10.6 Å². The quantitative estimate of drug-likeness (QED) is 0.432. The third kappa shape index (κ3) is 5.74. The molecule has 2 aromatic heterocycles. The maximum atomic E-state index is 5.29. The Labute approximate surface area is 141 Å². The van der Waals surface area contributed by atoms with E-state index in [0.717, 1.165) is 37.1 Å². The second-order valence-electron chi connectivity index (χ2n) is 4.25.